The minimum atomic E-state index is -3.59. The van der Waals surface area contributed by atoms with Gasteiger partial charge in [-0.25, -0.2) is 8.42 Å². The van der Waals surface area contributed by atoms with Gasteiger partial charge in [-0.1, -0.05) is 29.8 Å². The molecular formula is C25H26ClN5O4S. The van der Waals surface area contributed by atoms with Crippen molar-refractivity contribution in [2.24, 2.45) is 0 Å². The number of hydrogen-bond acceptors (Lipinski definition) is 7. The Morgan fingerprint density at radius 2 is 1.53 bits per heavy atom. The molecule has 2 aliphatic rings. The van der Waals surface area contributed by atoms with Crippen molar-refractivity contribution in [1.29, 1.82) is 0 Å². The topological polar surface area (TPSA) is 95.9 Å². The largest absolute Gasteiger partial charge is 0.379 e. The van der Waals surface area contributed by atoms with E-state index in [9.17, 15) is 13.2 Å². The summed E-state index contributed by atoms with van der Waals surface area (Å²) < 4.78 is 32.3. The molecule has 0 bridgehead atoms. The number of sulfonamides is 1. The number of benzene rings is 2. The predicted octanol–water partition coefficient (Wildman–Crippen LogP) is 2.78. The average Bonchev–Trinajstić information content (AvgIpc) is 2.94. The van der Waals surface area contributed by atoms with Gasteiger partial charge in [-0.05, 0) is 42.5 Å². The number of carbonyl (C=O) groups is 1. The van der Waals surface area contributed by atoms with Crippen molar-refractivity contribution in [2.45, 2.75) is 4.90 Å². The summed E-state index contributed by atoms with van der Waals surface area (Å²) in [6, 6.07) is 17.5. The van der Waals surface area contributed by atoms with Crippen LogP contribution in [0, 0.1) is 0 Å². The summed E-state index contributed by atoms with van der Waals surface area (Å²) in [5.74, 6) is 0.626. The zero-order valence-electron chi connectivity index (χ0n) is 19.6. The number of hydrogen-bond donors (Lipinski definition) is 0. The van der Waals surface area contributed by atoms with Crippen LogP contribution in [0.3, 0.4) is 0 Å². The lowest BCUT2D eigenvalue weighted by Crippen LogP contribution is -2.49. The zero-order valence-corrected chi connectivity index (χ0v) is 21.2. The molecular weight excluding hydrogens is 502 g/mol. The third-order valence-corrected chi connectivity index (χ3v) is 8.64. The quantitative estimate of drug-likeness (QED) is 0.503. The van der Waals surface area contributed by atoms with E-state index < -0.39 is 10.0 Å². The second-order valence-electron chi connectivity index (χ2n) is 8.58. The summed E-state index contributed by atoms with van der Waals surface area (Å²) in [5.41, 5.74) is 2.00. The number of amides is 1. The van der Waals surface area contributed by atoms with Crippen molar-refractivity contribution in [1.82, 2.24) is 19.4 Å². The Balaban J connectivity index is 1.20. The zero-order chi connectivity index (χ0) is 25.1. The first-order valence-electron chi connectivity index (χ1n) is 11.7. The predicted molar refractivity (Wildman–Crippen MR) is 137 cm³/mol. The van der Waals surface area contributed by atoms with Crippen LogP contribution in [-0.4, -0.2) is 86.2 Å². The van der Waals surface area contributed by atoms with Crippen LogP contribution in [-0.2, 0) is 14.8 Å². The van der Waals surface area contributed by atoms with Gasteiger partial charge in [0.1, 0.15) is 0 Å². The van der Waals surface area contributed by atoms with Crippen LogP contribution in [0.15, 0.2) is 65.6 Å². The maximum atomic E-state index is 13.0. The third kappa shape index (κ3) is 5.08. The van der Waals surface area contributed by atoms with Gasteiger partial charge in [-0.3, -0.25) is 4.79 Å². The molecule has 11 heteroatoms. The Morgan fingerprint density at radius 1 is 0.833 bits per heavy atom. The monoisotopic (exact) mass is 527 g/mol. The summed E-state index contributed by atoms with van der Waals surface area (Å²) in [5, 5.41) is 9.32. The smallest absolute Gasteiger partial charge is 0.253 e. The molecule has 36 heavy (non-hydrogen) atoms. The number of carbonyl (C=O) groups excluding carboxylic acids is 1. The molecule has 5 rings (SSSR count). The van der Waals surface area contributed by atoms with Gasteiger partial charge in [0.15, 0.2) is 5.82 Å². The van der Waals surface area contributed by atoms with Crippen LogP contribution < -0.4 is 4.90 Å². The number of morpholine rings is 1. The number of ether oxygens (including phenoxy) is 1. The van der Waals surface area contributed by atoms with Crippen LogP contribution in [0.1, 0.15) is 10.4 Å². The van der Waals surface area contributed by atoms with E-state index in [0.29, 0.717) is 68.8 Å². The molecule has 9 nitrogen and oxygen atoms in total. The lowest BCUT2D eigenvalue weighted by molar-refractivity contribution is 0.0730. The van der Waals surface area contributed by atoms with Gasteiger partial charge in [-0.15, -0.1) is 10.2 Å². The number of nitrogens with zero attached hydrogens (tertiary/aromatic N) is 5. The molecule has 3 aromatic rings. The highest BCUT2D eigenvalue weighted by atomic mass is 35.5. The van der Waals surface area contributed by atoms with Crippen molar-refractivity contribution in [3.63, 3.8) is 0 Å². The second-order valence-corrected chi connectivity index (χ2v) is 10.9. The molecule has 3 heterocycles. The highest BCUT2D eigenvalue weighted by Crippen LogP contribution is 2.26. The molecule has 0 N–H and O–H groups in total. The van der Waals surface area contributed by atoms with Crippen LogP contribution in [0.2, 0.25) is 5.02 Å². The van der Waals surface area contributed by atoms with Gasteiger partial charge in [0, 0.05) is 50.4 Å². The van der Waals surface area contributed by atoms with E-state index in [1.54, 1.807) is 17.0 Å². The number of anilines is 1. The minimum absolute atomic E-state index is 0.120. The summed E-state index contributed by atoms with van der Waals surface area (Å²) in [4.78, 5) is 17.1. The highest BCUT2D eigenvalue weighted by molar-refractivity contribution is 7.89. The second kappa shape index (κ2) is 10.5. The van der Waals surface area contributed by atoms with E-state index in [-0.39, 0.29) is 10.8 Å². The summed E-state index contributed by atoms with van der Waals surface area (Å²) in [6.45, 7) is 3.74. The van der Waals surface area contributed by atoms with Gasteiger partial charge >= 0.3 is 0 Å². The summed E-state index contributed by atoms with van der Waals surface area (Å²) in [6.07, 6.45) is 0. The summed E-state index contributed by atoms with van der Waals surface area (Å²) in [7, 11) is -3.59. The molecule has 1 amide bonds. The normalized spacial score (nSPS) is 17.2. The number of halogens is 1. The Hall–Kier alpha value is -3.05. The fraction of sp³-hybridized carbons (Fsp3) is 0.320. The fourth-order valence-electron chi connectivity index (χ4n) is 4.33. The molecule has 188 valence electrons. The molecule has 2 fully saturated rings. The van der Waals surface area contributed by atoms with E-state index in [1.165, 1.54) is 16.4 Å². The standard InChI is InChI=1S/C25H26ClN5O4S/c26-22-4-2-1-3-21(22)23-9-10-24(28-27-23)29-11-13-30(14-12-29)25(32)19-5-7-20(8-6-19)36(33,34)31-15-17-35-18-16-31/h1-10H,11-18H2. The van der Waals surface area contributed by atoms with Crippen molar-refractivity contribution < 1.29 is 17.9 Å². The van der Waals surface area contributed by atoms with E-state index in [2.05, 4.69) is 15.1 Å². The molecule has 2 aliphatic heterocycles. The molecule has 2 aromatic carbocycles. The van der Waals surface area contributed by atoms with Crippen molar-refractivity contribution in [3.8, 4) is 11.3 Å². The van der Waals surface area contributed by atoms with Crippen LogP contribution in [0.5, 0.6) is 0 Å². The van der Waals surface area contributed by atoms with Crippen molar-refractivity contribution in [2.75, 3.05) is 57.4 Å². The average molecular weight is 528 g/mol. The maximum Gasteiger partial charge on any atom is 0.253 e. The van der Waals surface area contributed by atoms with Crippen molar-refractivity contribution >= 4 is 33.3 Å². The Bertz CT molecular complexity index is 1320. The maximum absolute atomic E-state index is 13.0. The van der Waals surface area contributed by atoms with Gasteiger partial charge in [-0.2, -0.15) is 4.31 Å². The van der Waals surface area contributed by atoms with Crippen LogP contribution >= 0.6 is 11.6 Å². The molecule has 0 saturated carbocycles. The van der Waals surface area contributed by atoms with Crippen LogP contribution in [0.4, 0.5) is 5.82 Å². The molecule has 0 atom stereocenters. The van der Waals surface area contributed by atoms with Gasteiger partial charge in [0.2, 0.25) is 10.0 Å². The molecule has 0 unspecified atom stereocenters. The minimum Gasteiger partial charge on any atom is -0.379 e. The molecule has 0 aliphatic carbocycles. The first-order valence-corrected chi connectivity index (χ1v) is 13.6. The molecule has 2 saturated heterocycles. The molecule has 1 aromatic heterocycles. The summed E-state index contributed by atoms with van der Waals surface area (Å²) >= 11 is 6.26. The number of rotatable bonds is 5. The first-order chi connectivity index (χ1) is 17.4. The highest BCUT2D eigenvalue weighted by Gasteiger charge is 2.27. The lowest BCUT2D eigenvalue weighted by atomic mass is 10.1. The van der Waals surface area contributed by atoms with E-state index in [4.69, 9.17) is 16.3 Å². The van der Waals surface area contributed by atoms with Crippen molar-refractivity contribution in [3.05, 3.63) is 71.2 Å². The van der Waals surface area contributed by atoms with E-state index in [1.807, 2.05) is 36.4 Å². The molecule has 0 radical (unpaired) electrons. The lowest BCUT2D eigenvalue weighted by Gasteiger charge is -2.35. The number of aromatic nitrogens is 2. The number of piperazine rings is 1. The van der Waals surface area contributed by atoms with E-state index in [0.717, 1.165) is 11.4 Å². The fourth-order valence-corrected chi connectivity index (χ4v) is 5.97. The Morgan fingerprint density at radius 3 is 2.17 bits per heavy atom. The van der Waals surface area contributed by atoms with E-state index >= 15 is 0 Å². The first kappa shape index (κ1) is 24.6. The SMILES string of the molecule is O=C(c1ccc(S(=O)(=O)N2CCOCC2)cc1)N1CCN(c2ccc(-c3ccccc3Cl)nn2)CC1. The third-order valence-electron chi connectivity index (χ3n) is 6.40. The Kier molecular flexibility index (Phi) is 7.20. The van der Waals surface area contributed by atoms with Gasteiger partial charge in [0.25, 0.3) is 5.91 Å². The van der Waals surface area contributed by atoms with Gasteiger partial charge < -0.3 is 14.5 Å². The Labute approximate surface area is 215 Å². The van der Waals surface area contributed by atoms with Crippen LogP contribution in [0.25, 0.3) is 11.3 Å². The van der Waals surface area contributed by atoms with Gasteiger partial charge in [0.05, 0.1) is 28.8 Å². The molecule has 0 spiro atoms.